The lowest BCUT2D eigenvalue weighted by Crippen LogP contribution is -2.40. The van der Waals surface area contributed by atoms with Gasteiger partial charge >= 0.3 is 0 Å². The van der Waals surface area contributed by atoms with Gasteiger partial charge in [-0.1, -0.05) is 18.2 Å². The largest absolute Gasteiger partial charge is 0.383 e. The first-order valence-corrected chi connectivity index (χ1v) is 8.45. The lowest BCUT2D eigenvalue weighted by molar-refractivity contribution is 0.179. The van der Waals surface area contributed by atoms with Gasteiger partial charge in [0.15, 0.2) is 5.96 Å². The summed E-state index contributed by atoms with van der Waals surface area (Å²) in [5.74, 6) is 0.733. The van der Waals surface area contributed by atoms with Gasteiger partial charge in [0.25, 0.3) is 0 Å². The molecule has 1 heterocycles. The molecule has 0 saturated heterocycles. The standard InChI is InChI=1S/C18H25N7O/c1-13(12-26-2)23-18(21)22-10-6-9-16-15(11-19)17(20)25(24-16)14-7-4-3-5-8-14/h3-5,7-8,13H,6,9-10,12,20H2,1-2H3,(H3,21,22,23). The van der Waals surface area contributed by atoms with E-state index in [4.69, 9.17) is 16.2 Å². The maximum atomic E-state index is 9.40. The van der Waals surface area contributed by atoms with E-state index in [1.807, 2.05) is 37.3 Å². The molecule has 0 radical (unpaired) electrons. The molecule has 138 valence electrons. The highest BCUT2D eigenvalue weighted by Gasteiger charge is 2.16. The van der Waals surface area contributed by atoms with Crippen LogP contribution >= 0.6 is 0 Å². The van der Waals surface area contributed by atoms with Crippen molar-refractivity contribution in [2.24, 2.45) is 10.7 Å². The van der Waals surface area contributed by atoms with Crippen molar-refractivity contribution in [2.75, 3.05) is 26.0 Å². The Morgan fingerprint density at radius 1 is 1.42 bits per heavy atom. The molecule has 26 heavy (non-hydrogen) atoms. The van der Waals surface area contributed by atoms with Gasteiger partial charge < -0.3 is 21.5 Å². The summed E-state index contributed by atoms with van der Waals surface area (Å²) in [7, 11) is 1.64. The van der Waals surface area contributed by atoms with Gasteiger partial charge in [-0.3, -0.25) is 4.99 Å². The summed E-state index contributed by atoms with van der Waals surface area (Å²) in [6, 6.07) is 11.7. The highest BCUT2D eigenvalue weighted by Crippen LogP contribution is 2.21. The number of nitriles is 1. The third-order valence-corrected chi connectivity index (χ3v) is 3.77. The number of hydrogen-bond acceptors (Lipinski definition) is 5. The fourth-order valence-corrected chi connectivity index (χ4v) is 2.58. The number of nitrogen functional groups attached to an aromatic ring is 1. The van der Waals surface area contributed by atoms with Gasteiger partial charge in [-0.25, -0.2) is 4.68 Å². The van der Waals surface area contributed by atoms with Gasteiger partial charge in [0.2, 0.25) is 0 Å². The maximum Gasteiger partial charge on any atom is 0.188 e. The van der Waals surface area contributed by atoms with E-state index < -0.39 is 0 Å². The molecule has 0 aliphatic rings. The molecule has 0 aliphatic heterocycles. The van der Waals surface area contributed by atoms with Gasteiger partial charge in [0, 0.05) is 19.7 Å². The van der Waals surface area contributed by atoms with Crippen LogP contribution in [0.4, 0.5) is 5.82 Å². The second-order valence-electron chi connectivity index (χ2n) is 5.94. The molecular weight excluding hydrogens is 330 g/mol. The average molecular weight is 355 g/mol. The highest BCUT2D eigenvalue weighted by molar-refractivity contribution is 5.78. The predicted molar refractivity (Wildman–Crippen MR) is 102 cm³/mol. The molecule has 1 atom stereocenters. The highest BCUT2D eigenvalue weighted by atomic mass is 16.5. The number of para-hydroxylation sites is 1. The lowest BCUT2D eigenvalue weighted by atomic mass is 10.1. The van der Waals surface area contributed by atoms with Crippen LogP contribution in [-0.4, -0.2) is 42.0 Å². The molecule has 2 aromatic rings. The number of hydrogen-bond donors (Lipinski definition) is 3. The Bertz CT molecular complexity index is 777. The first-order chi connectivity index (χ1) is 12.6. The number of ether oxygens (including phenoxy) is 1. The number of methoxy groups -OCH3 is 1. The SMILES string of the molecule is COCC(C)NC(N)=NCCCc1nn(-c2ccccc2)c(N)c1C#N. The second kappa shape index (κ2) is 9.44. The zero-order chi connectivity index (χ0) is 18.9. The minimum atomic E-state index is 0.0929. The monoisotopic (exact) mass is 355 g/mol. The first kappa shape index (κ1) is 19.3. The van der Waals surface area contributed by atoms with E-state index in [1.165, 1.54) is 0 Å². The first-order valence-electron chi connectivity index (χ1n) is 8.45. The molecule has 0 spiro atoms. The van der Waals surface area contributed by atoms with Crippen molar-refractivity contribution in [1.82, 2.24) is 15.1 Å². The van der Waals surface area contributed by atoms with Crippen molar-refractivity contribution in [1.29, 1.82) is 5.26 Å². The molecule has 0 saturated carbocycles. The summed E-state index contributed by atoms with van der Waals surface area (Å²) >= 11 is 0. The van der Waals surface area contributed by atoms with Crippen molar-refractivity contribution >= 4 is 11.8 Å². The van der Waals surface area contributed by atoms with Gasteiger partial charge in [0.05, 0.1) is 18.0 Å². The summed E-state index contributed by atoms with van der Waals surface area (Å²) in [6.07, 6.45) is 1.30. The number of nitrogens with two attached hydrogens (primary N) is 2. The lowest BCUT2D eigenvalue weighted by Gasteiger charge is -2.12. The molecule has 0 fully saturated rings. The topological polar surface area (TPSA) is 127 Å². The average Bonchev–Trinajstić information content (AvgIpc) is 2.95. The molecule has 8 nitrogen and oxygen atoms in total. The number of guanidine groups is 1. The molecule has 8 heteroatoms. The van der Waals surface area contributed by atoms with E-state index in [9.17, 15) is 5.26 Å². The van der Waals surface area contributed by atoms with E-state index in [0.29, 0.717) is 49.0 Å². The molecule has 0 amide bonds. The number of nitrogens with zero attached hydrogens (tertiary/aromatic N) is 4. The van der Waals surface area contributed by atoms with Crippen LogP contribution in [0.3, 0.4) is 0 Å². The Labute approximate surface area is 153 Å². The van der Waals surface area contributed by atoms with E-state index in [0.717, 1.165) is 5.69 Å². The van der Waals surface area contributed by atoms with E-state index >= 15 is 0 Å². The van der Waals surface area contributed by atoms with Crippen LogP contribution < -0.4 is 16.8 Å². The Morgan fingerprint density at radius 3 is 2.81 bits per heavy atom. The zero-order valence-electron chi connectivity index (χ0n) is 15.1. The minimum Gasteiger partial charge on any atom is -0.383 e. The zero-order valence-corrected chi connectivity index (χ0v) is 15.1. The van der Waals surface area contributed by atoms with Crippen LogP contribution in [0.5, 0.6) is 0 Å². The molecule has 5 N–H and O–H groups in total. The van der Waals surface area contributed by atoms with Gasteiger partial charge in [-0.15, -0.1) is 0 Å². The summed E-state index contributed by atoms with van der Waals surface area (Å²) in [6.45, 7) is 3.05. The Morgan fingerprint density at radius 2 is 2.15 bits per heavy atom. The van der Waals surface area contributed by atoms with Crippen molar-refractivity contribution in [3.63, 3.8) is 0 Å². The van der Waals surface area contributed by atoms with E-state index in [2.05, 4.69) is 21.5 Å². The summed E-state index contributed by atoms with van der Waals surface area (Å²) in [5, 5.41) is 16.9. The summed E-state index contributed by atoms with van der Waals surface area (Å²) in [4.78, 5) is 4.28. The molecular formula is C18H25N7O. The molecule has 1 aromatic heterocycles. The number of anilines is 1. The van der Waals surface area contributed by atoms with Crippen LogP contribution in [0, 0.1) is 11.3 Å². The fourth-order valence-electron chi connectivity index (χ4n) is 2.58. The number of benzene rings is 1. The number of aryl methyl sites for hydroxylation is 1. The Balaban J connectivity index is 1.99. The molecule has 0 bridgehead atoms. The smallest absolute Gasteiger partial charge is 0.188 e. The van der Waals surface area contributed by atoms with Crippen LogP contribution in [0.1, 0.15) is 24.6 Å². The van der Waals surface area contributed by atoms with Crippen LogP contribution in [0.15, 0.2) is 35.3 Å². The van der Waals surface area contributed by atoms with Crippen LogP contribution in [0.2, 0.25) is 0 Å². The van der Waals surface area contributed by atoms with Gasteiger partial charge in [-0.2, -0.15) is 10.4 Å². The Hall–Kier alpha value is -3.05. The summed E-state index contributed by atoms with van der Waals surface area (Å²) in [5.41, 5.74) is 13.8. The van der Waals surface area contributed by atoms with Gasteiger partial charge in [-0.05, 0) is 31.9 Å². The molecule has 1 unspecified atom stereocenters. The minimum absolute atomic E-state index is 0.0929. The quantitative estimate of drug-likeness (QED) is 0.371. The van der Waals surface area contributed by atoms with Crippen molar-refractivity contribution in [3.05, 3.63) is 41.6 Å². The van der Waals surface area contributed by atoms with Crippen molar-refractivity contribution < 1.29 is 4.74 Å². The van der Waals surface area contributed by atoms with Gasteiger partial charge in [0.1, 0.15) is 17.5 Å². The summed E-state index contributed by atoms with van der Waals surface area (Å²) < 4.78 is 6.63. The van der Waals surface area contributed by atoms with Crippen LogP contribution in [0.25, 0.3) is 5.69 Å². The Kier molecular flexibility index (Phi) is 7.00. The number of aromatic nitrogens is 2. The number of nitrogens with one attached hydrogen (secondary N) is 1. The predicted octanol–water partition coefficient (Wildman–Crippen LogP) is 1.20. The number of rotatable bonds is 8. The van der Waals surface area contributed by atoms with E-state index in [-0.39, 0.29) is 6.04 Å². The second-order valence-corrected chi connectivity index (χ2v) is 5.94. The normalized spacial score (nSPS) is 12.6. The fraction of sp³-hybridized carbons (Fsp3) is 0.389. The third-order valence-electron chi connectivity index (χ3n) is 3.77. The third kappa shape index (κ3) is 4.97. The van der Waals surface area contributed by atoms with Crippen LogP contribution in [-0.2, 0) is 11.2 Å². The van der Waals surface area contributed by atoms with E-state index in [1.54, 1.807) is 11.8 Å². The van der Waals surface area contributed by atoms with Crippen molar-refractivity contribution in [2.45, 2.75) is 25.8 Å². The maximum absolute atomic E-state index is 9.40. The van der Waals surface area contributed by atoms with Crippen molar-refractivity contribution in [3.8, 4) is 11.8 Å². The molecule has 2 rings (SSSR count). The molecule has 1 aromatic carbocycles. The molecule has 0 aliphatic carbocycles. The number of aliphatic imine (C=N–C) groups is 1.